The first-order chi connectivity index (χ1) is 22.4. The smallest absolute Gasteiger partial charge is 0.319 e. The molecule has 2 bridgehead atoms. The summed E-state index contributed by atoms with van der Waals surface area (Å²) in [6.07, 6.45) is -2.50. The second-order valence-corrected chi connectivity index (χ2v) is 15.7. The Morgan fingerprint density at radius 2 is 1.79 bits per heavy atom. The van der Waals surface area contributed by atoms with Gasteiger partial charge < -0.3 is 44.2 Å². The van der Waals surface area contributed by atoms with Crippen molar-refractivity contribution in [1.29, 1.82) is 0 Å². The zero-order valence-corrected chi connectivity index (χ0v) is 30.5. The number of aliphatic hydroxyl groups is 1. The Hall–Kier alpha value is -2.16. The topological polar surface area (TPSA) is 165 Å². The van der Waals surface area contributed by atoms with Crippen LogP contribution in [-0.2, 0) is 38.1 Å². The van der Waals surface area contributed by atoms with Crippen LogP contribution in [0.2, 0.25) is 0 Å². The highest BCUT2D eigenvalue weighted by Gasteiger charge is 2.58. The van der Waals surface area contributed by atoms with Crippen LogP contribution >= 0.6 is 0 Å². The van der Waals surface area contributed by atoms with E-state index in [-0.39, 0.29) is 67.6 Å². The molecular weight excluding hydrogens is 622 g/mol. The predicted molar refractivity (Wildman–Crippen MR) is 176 cm³/mol. The van der Waals surface area contributed by atoms with E-state index >= 15 is 0 Å². The number of carbonyl (C=O) groups excluding carboxylic acids is 3. The molecule has 48 heavy (non-hydrogen) atoms. The number of ketones is 1. The highest BCUT2D eigenvalue weighted by atomic mass is 16.7. The molecule has 0 aromatic carbocycles. The van der Waals surface area contributed by atoms with E-state index in [0.717, 1.165) is 0 Å². The van der Waals surface area contributed by atoms with Gasteiger partial charge in [0.05, 0.1) is 36.5 Å². The van der Waals surface area contributed by atoms with Gasteiger partial charge >= 0.3 is 11.9 Å². The van der Waals surface area contributed by atoms with Gasteiger partial charge in [0.2, 0.25) is 0 Å². The van der Waals surface area contributed by atoms with Gasteiger partial charge in [-0.15, -0.1) is 0 Å². The Kier molecular flexibility index (Phi) is 12.1. The summed E-state index contributed by atoms with van der Waals surface area (Å²) in [5.74, 6) is -2.77. The van der Waals surface area contributed by atoms with E-state index in [1.807, 2.05) is 53.6 Å². The number of hydrogen-bond donors (Lipinski definition) is 3. The van der Waals surface area contributed by atoms with Crippen LogP contribution in [0.4, 0.5) is 0 Å². The first kappa shape index (κ1) is 38.6. The SMILES string of the molecule is CC[C@H]1OC(=O)[C@]2(C)CC/C(=N\O)CO[C@](C)(C[C@@H](C)CN[C@H](C)[C@H]3CC(=O)O[C@@]31C)[C@H](OC1OC(C)CC(N(C)C)C1O)[C@@H](C)C2=O. The molecule has 0 amide bonds. The Labute approximate surface area is 285 Å². The molecule has 3 N–H and O–H groups in total. The first-order valence-electron chi connectivity index (χ1n) is 17.6. The lowest BCUT2D eigenvalue weighted by Crippen LogP contribution is -2.60. The molecule has 4 unspecified atom stereocenters. The fourth-order valence-corrected chi connectivity index (χ4v) is 8.49. The molecule has 0 spiro atoms. The summed E-state index contributed by atoms with van der Waals surface area (Å²) in [6, 6.07) is -0.427. The fraction of sp³-hybridized carbons (Fsp3) is 0.886. The lowest BCUT2D eigenvalue weighted by Gasteiger charge is -2.48. The lowest BCUT2D eigenvalue weighted by atomic mass is 9.70. The van der Waals surface area contributed by atoms with E-state index in [0.29, 0.717) is 25.8 Å². The van der Waals surface area contributed by atoms with E-state index in [1.54, 1.807) is 13.8 Å². The maximum absolute atomic E-state index is 14.8. The number of Topliss-reactive ketones (excluding diaryl/α,β-unsaturated/α-hetero) is 1. The van der Waals surface area contributed by atoms with Crippen molar-refractivity contribution in [1.82, 2.24) is 10.2 Å². The molecule has 4 saturated heterocycles. The highest BCUT2D eigenvalue weighted by molar-refractivity contribution is 6.05. The Morgan fingerprint density at radius 3 is 2.42 bits per heavy atom. The van der Waals surface area contributed by atoms with Gasteiger partial charge in [-0.3, -0.25) is 14.4 Å². The lowest BCUT2D eigenvalue weighted by molar-refractivity contribution is -0.296. The number of nitrogens with zero attached hydrogens (tertiary/aromatic N) is 2. The van der Waals surface area contributed by atoms with E-state index in [1.165, 1.54) is 0 Å². The maximum atomic E-state index is 14.8. The van der Waals surface area contributed by atoms with Crippen molar-refractivity contribution >= 4 is 23.4 Å². The number of hydrogen-bond acceptors (Lipinski definition) is 13. The molecule has 0 saturated carbocycles. The van der Waals surface area contributed by atoms with Crippen molar-refractivity contribution in [2.45, 2.75) is 148 Å². The maximum Gasteiger partial charge on any atom is 0.319 e. The number of likely N-dealkylation sites (N-methyl/N-ethyl adjacent to an activating group) is 1. The van der Waals surface area contributed by atoms with Crippen LogP contribution in [0.3, 0.4) is 0 Å². The minimum Gasteiger partial charge on any atom is -0.457 e. The van der Waals surface area contributed by atoms with Crippen molar-refractivity contribution in [3.8, 4) is 0 Å². The third kappa shape index (κ3) is 7.61. The van der Waals surface area contributed by atoms with Crippen molar-refractivity contribution < 1.29 is 48.4 Å². The number of oxime groups is 1. The molecule has 4 heterocycles. The zero-order valence-electron chi connectivity index (χ0n) is 30.5. The molecule has 0 radical (unpaired) electrons. The van der Waals surface area contributed by atoms with Crippen molar-refractivity contribution in [2.75, 3.05) is 27.2 Å². The van der Waals surface area contributed by atoms with Crippen molar-refractivity contribution in [3.63, 3.8) is 0 Å². The molecule has 0 aromatic rings. The number of carbonyl (C=O) groups is 3. The van der Waals surface area contributed by atoms with E-state index in [4.69, 9.17) is 23.7 Å². The monoisotopic (exact) mass is 681 g/mol. The predicted octanol–water partition coefficient (Wildman–Crippen LogP) is 3.07. The molecular formula is C35H59N3O10. The fourth-order valence-electron chi connectivity index (χ4n) is 8.49. The van der Waals surface area contributed by atoms with Gasteiger partial charge in [-0.25, -0.2) is 0 Å². The summed E-state index contributed by atoms with van der Waals surface area (Å²) < 4.78 is 31.7. The van der Waals surface area contributed by atoms with Crippen LogP contribution in [-0.4, -0.2) is 120 Å². The van der Waals surface area contributed by atoms with Gasteiger partial charge in [0, 0.05) is 23.9 Å². The largest absolute Gasteiger partial charge is 0.457 e. The van der Waals surface area contributed by atoms with Crippen molar-refractivity contribution in [3.05, 3.63) is 0 Å². The summed E-state index contributed by atoms with van der Waals surface area (Å²) in [7, 11) is 3.78. The van der Waals surface area contributed by atoms with Gasteiger partial charge in [-0.05, 0) is 93.3 Å². The zero-order chi connectivity index (χ0) is 35.8. The van der Waals surface area contributed by atoms with Gasteiger partial charge in [0.25, 0.3) is 0 Å². The van der Waals surface area contributed by atoms with Crippen LogP contribution in [0.1, 0.15) is 93.9 Å². The van der Waals surface area contributed by atoms with Crippen LogP contribution in [0, 0.1) is 23.2 Å². The molecule has 4 aliphatic heterocycles. The standard InChI is InChI=1S/C35H59N3O10/c1-11-26-35(8)24(15-27(39)48-35)22(5)36-17-19(2)16-34(7)30(47-31-28(40)25(38(9)10)14-20(3)45-31)21(4)29(41)33(6,32(42)46-26)13-12-23(37-43)18-44-34/h19-22,24-26,28,30-31,36,40,43H,11-18H2,1-10H3/b37-23+/t19-,20?,21+,22-,24-,25?,26-,28?,30-,31?,33-,34-,35+/m1/s1. The molecule has 4 rings (SSSR count). The van der Waals surface area contributed by atoms with Gasteiger partial charge in [0.1, 0.15) is 17.6 Å². The number of nitrogens with one attached hydrogen (secondary N) is 1. The minimum absolute atomic E-state index is 0.00574. The summed E-state index contributed by atoms with van der Waals surface area (Å²) in [5.41, 5.74) is -3.69. The van der Waals surface area contributed by atoms with Crippen molar-refractivity contribution in [2.24, 2.45) is 28.3 Å². The quantitative estimate of drug-likeness (QED) is 0.172. The van der Waals surface area contributed by atoms with E-state index in [9.17, 15) is 24.7 Å². The Morgan fingerprint density at radius 1 is 1.10 bits per heavy atom. The average molecular weight is 682 g/mol. The third-order valence-electron chi connectivity index (χ3n) is 11.5. The summed E-state index contributed by atoms with van der Waals surface area (Å²) in [6.45, 7) is 15.3. The van der Waals surface area contributed by atoms with Gasteiger partial charge in [-0.2, -0.15) is 0 Å². The average Bonchev–Trinajstić information content (AvgIpc) is 3.34. The van der Waals surface area contributed by atoms with Gasteiger partial charge in [0.15, 0.2) is 17.7 Å². The summed E-state index contributed by atoms with van der Waals surface area (Å²) >= 11 is 0. The molecule has 0 aromatic heterocycles. The number of cyclic esters (lactones) is 1. The number of ether oxygens (including phenoxy) is 5. The van der Waals surface area contributed by atoms with Crippen LogP contribution in [0.5, 0.6) is 0 Å². The number of fused-ring (bicyclic) bond motifs is 5. The molecule has 0 aliphatic carbocycles. The molecule has 13 nitrogen and oxygen atoms in total. The van der Waals surface area contributed by atoms with E-state index < -0.39 is 58.9 Å². The Balaban J connectivity index is 1.85. The normalized spacial score (nSPS) is 46.2. The summed E-state index contributed by atoms with van der Waals surface area (Å²) in [5, 5.41) is 28.5. The number of rotatable bonds is 4. The molecule has 4 fully saturated rings. The highest BCUT2D eigenvalue weighted by Crippen LogP contribution is 2.44. The third-order valence-corrected chi connectivity index (χ3v) is 11.5. The second kappa shape index (κ2) is 15.0. The van der Waals surface area contributed by atoms with Crippen LogP contribution in [0.15, 0.2) is 5.16 Å². The molecule has 13 atom stereocenters. The summed E-state index contributed by atoms with van der Waals surface area (Å²) in [4.78, 5) is 43.9. The van der Waals surface area contributed by atoms with E-state index in [2.05, 4.69) is 17.4 Å². The number of esters is 2. The Bertz CT molecular complexity index is 1210. The molecule has 274 valence electrons. The second-order valence-electron chi connectivity index (χ2n) is 15.7. The number of aliphatic hydroxyl groups excluding tert-OH is 1. The van der Waals surface area contributed by atoms with Gasteiger partial charge in [-0.1, -0.05) is 25.9 Å². The van der Waals surface area contributed by atoms with Crippen LogP contribution < -0.4 is 5.32 Å². The first-order valence-corrected chi connectivity index (χ1v) is 17.6. The minimum atomic E-state index is -1.68. The van der Waals surface area contributed by atoms with Crippen LogP contribution in [0.25, 0.3) is 0 Å². The molecule has 4 aliphatic rings. The molecule has 13 heteroatoms.